The summed E-state index contributed by atoms with van der Waals surface area (Å²) in [6, 6.07) is 55.7. The molecule has 2 heteroatoms. The molecule has 0 amide bonds. The van der Waals surface area contributed by atoms with Crippen LogP contribution in [0.25, 0.3) is 5.57 Å². The van der Waals surface area contributed by atoms with Crippen LogP contribution in [0, 0.1) is 12.3 Å². The van der Waals surface area contributed by atoms with E-state index in [4.69, 9.17) is 13.2 Å². The number of fused-ring (bicyclic) bond motifs is 1. The fourth-order valence-electron chi connectivity index (χ4n) is 8.23. The quantitative estimate of drug-likeness (QED) is 0.156. The van der Waals surface area contributed by atoms with E-state index in [2.05, 4.69) is 234 Å². The number of anilines is 5. The molecule has 0 aliphatic heterocycles. The van der Waals surface area contributed by atoms with Crippen LogP contribution in [-0.2, 0) is 5.41 Å². The van der Waals surface area contributed by atoms with Gasteiger partial charge in [-0.05, 0) is 132 Å². The molecule has 5 aromatic rings. The Balaban J connectivity index is 1.39. The number of hydrogen-bond acceptors (Lipinski definition) is 2. The van der Waals surface area contributed by atoms with Crippen molar-refractivity contribution in [3.8, 4) is 0 Å². The summed E-state index contributed by atoms with van der Waals surface area (Å²) in [5.41, 5.74) is 16.8. The predicted molar refractivity (Wildman–Crippen MR) is 246 cm³/mol. The molecule has 0 saturated heterocycles. The Morgan fingerprint density at radius 2 is 1.04 bits per heavy atom. The van der Waals surface area contributed by atoms with E-state index in [0.717, 1.165) is 56.4 Å². The van der Waals surface area contributed by atoms with Crippen LogP contribution in [-0.4, -0.2) is 0 Å². The Morgan fingerprint density at radius 1 is 0.579 bits per heavy atom. The van der Waals surface area contributed by atoms with Crippen LogP contribution >= 0.6 is 0 Å². The second-order valence-electron chi connectivity index (χ2n) is 16.2. The smallest absolute Gasteiger partial charge is 0.0494 e. The van der Waals surface area contributed by atoms with Gasteiger partial charge in [-0.2, -0.15) is 0 Å². The van der Waals surface area contributed by atoms with Gasteiger partial charge < -0.3 is 9.80 Å². The minimum atomic E-state index is -0.361. The lowest BCUT2D eigenvalue weighted by molar-refractivity contribution is 0.566. The van der Waals surface area contributed by atoms with Crippen LogP contribution in [0.5, 0.6) is 0 Å². The number of benzene rings is 4. The summed E-state index contributed by atoms with van der Waals surface area (Å²) in [6.45, 7) is 25.5. The molecule has 0 saturated carbocycles. The molecule has 0 aromatic heterocycles. The number of hydrogen-bond donors (Lipinski definition) is 0. The summed E-state index contributed by atoms with van der Waals surface area (Å²) in [5, 5.41) is 0. The van der Waals surface area contributed by atoms with E-state index < -0.39 is 0 Å². The third-order valence-electron chi connectivity index (χ3n) is 11.9. The van der Waals surface area contributed by atoms with E-state index in [-0.39, 0.29) is 10.8 Å². The average Bonchev–Trinajstić information content (AvgIpc) is 3.50. The number of nitrogens with zero attached hydrogens (tertiary/aromatic N) is 2. The van der Waals surface area contributed by atoms with Crippen molar-refractivity contribution in [2.75, 3.05) is 9.80 Å². The van der Waals surface area contributed by atoms with Crippen LogP contribution in [0.3, 0.4) is 0 Å². The highest BCUT2D eigenvalue weighted by Gasteiger charge is 2.40. The maximum absolute atomic E-state index is 4.82. The van der Waals surface area contributed by atoms with Gasteiger partial charge in [-0.25, -0.2) is 0 Å². The van der Waals surface area contributed by atoms with Crippen molar-refractivity contribution >= 4 is 34.0 Å². The monoisotopic (exact) mass is 742 g/mol. The molecule has 57 heavy (non-hydrogen) atoms. The van der Waals surface area contributed by atoms with Gasteiger partial charge in [0.15, 0.2) is 0 Å². The lowest BCUT2D eigenvalue weighted by Crippen LogP contribution is -2.17. The average molecular weight is 743 g/mol. The standard InChI is InChI=1S/C55H54N2/c1-39-25-15-10-24-34-48-41(3)51(55(8,9)52(48)38-53(39)57(46-30-20-13-21-31-46)47-32-22-14-23-33-47)37-50-43(5)54(6,7)42(4)49(50)36-35-40(2)56(44-26-16-11-17-27-44)45-28-18-12-19-29-45/h10-38H,3-4H2,1-2,5-9H3/b15-10?,24-10?,25-15?,34-24?,39-25?,40-35+,48-34?,49-36+,51-37+,52-38?,53-38?,53-39?. The molecule has 5 aromatic carbocycles. The van der Waals surface area contributed by atoms with Crippen LogP contribution in [0.1, 0.15) is 58.2 Å². The highest BCUT2D eigenvalue weighted by atomic mass is 15.1. The maximum Gasteiger partial charge on any atom is 0.0494 e. The Labute approximate surface area is 341 Å². The fourth-order valence-corrected chi connectivity index (χ4v) is 8.23. The van der Waals surface area contributed by atoms with Crippen LogP contribution in [0.2, 0.25) is 0 Å². The van der Waals surface area contributed by atoms with Gasteiger partial charge in [-0.15, -0.1) is 0 Å². The number of rotatable bonds is 8. The molecule has 0 unspecified atom stereocenters. The molecule has 0 N–H and O–H groups in total. The molecular weight excluding hydrogens is 689 g/mol. The fraction of sp³-hybridized carbons (Fsp3) is 0.164. The Hall–Kier alpha value is -6.38. The number of aryl methyl sites for hydroxylation is 1. The molecule has 2 nitrogen and oxygen atoms in total. The van der Waals surface area contributed by atoms with Gasteiger partial charge in [-0.3, -0.25) is 0 Å². The van der Waals surface area contributed by atoms with E-state index >= 15 is 0 Å². The summed E-state index contributed by atoms with van der Waals surface area (Å²) < 4.78 is 0. The van der Waals surface area contributed by atoms with Crippen molar-refractivity contribution in [2.45, 2.75) is 53.9 Å². The summed E-state index contributed by atoms with van der Waals surface area (Å²) in [4.78, 5) is 4.68. The van der Waals surface area contributed by atoms with E-state index in [1.807, 2.05) is 0 Å². The zero-order valence-electron chi connectivity index (χ0n) is 34.6. The summed E-state index contributed by atoms with van der Waals surface area (Å²) in [5.74, 6) is 0. The van der Waals surface area contributed by atoms with Gasteiger partial charge in [0, 0.05) is 45.0 Å². The summed E-state index contributed by atoms with van der Waals surface area (Å²) >= 11 is 0. The zero-order chi connectivity index (χ0) is 40.3. The summed E-state index contributed by atoms with van der Waals surface area (Å²) in [7, 11) is 0. The Morgan fingerprint density at radius 3 is 1.54 bits per heavy atom. The van der Waals surface area contributed by atoms with Crippen molar-refractivity contribution in [3.63, 3.8) is 0 Å². The van der Waals surface area contributed by atoms with E-state index in [0.29, 0.717) is 0 Å². The molecule has 2 aliphatic rings. The number of allylic oxidation sites excluding steroid dienone is 10. The van der Waals surface area contributed by atoms with E-state index in [1.165, 1.54) is 27.8 Å². The molecular formula is C55H54N2. The highest BCUT2D eigenvalue weighted by Crippen LogP contribution is 2.54. The first-order chi connectivity index (χ1) is 27.4. The lowest BCUT2D eigenvalue weighted by Gasteiger charge is -2.28. The second-order valence-corrected chi connectivity index (χ2v) is 16.2. The van der Waals surface area contributed by atoms with Crippen LogP contribution in [0.15, 0.2) is 223 Å². The lowest BCUT2D eigenvalue weighted by atomic mass is 9.80. The molecule has 284 valence electrons. The minimum Gasteiger partial charge on any atom is -0.315 e. The van der Waals surface area contributed by atoms with Crippen molar-refractivity contribution in [3.05, 3.63) is 239 Å². The number of para-hydroxylation sites is 4. The van der Waals surface area contributed by atoms with Crippen LogP contribution in [0.4, 0.5) is 28.4 Å². The predicted octanol–water partition coefficient (Wildman–Crippen LogP) is 15.4. The van der Waals surface area contributed by atoms with Crippen molar-refractivity contribution < 1.29 is 0 Å². The summed E-state index contributed by atoms with van der Waals surface area (Å²) in [6.07, 6.45) is 6.93. The molecule has 2 aliphatic carbocycles. The molecule has 0 fully saturated rings. The third-order valence-corrected chi connectivity index (χ3v) is 11.9. The van der Waals surface area contributed by atoms with Gasteiger partial charge in [0.2, 0.25) is 0 Å². The first-order valence-electron chi connectivity index (χ1n) is 19.9. The molecule has 0 atom stereocenters. The van der Waals surface area contributed by atoms with Crippen LogP contribution < -0.4 is 9.80 Å². The molecule has 0 radical (unpaired) electrons. The van der Waals surface area contributed by atoms with Gasteiger partial charge >= 0.3 is 0 Å². The molecule has 7 rings (SSSR count). The van der Waals surface area contributed by atoms with Crippen molar-refractivity contribution in [1.29, 1.82) is 0 Å². The van der Waals surface area contributed by atoms with Gasteiger partial charge in [0.25, 0.3) is 0 Å². The van der Waals surface area contributed by atoms with Gasteiger partial charge in [0.1, 0.15) is 0 Å². The maximum atomic E-state index is 4.82. The van der Waals surface area contributed by atoms with Gasteiger partial charge in [0.05, 0.1) is 0 Å². The van der Waals surface area contributed by atoms with Crippen molar-refractivity contribution in [2.24, 2.45) is 5.41 Å². The van der Waals surface area contributed by atoms with Crippen molar-refractivity contribution in [1.82, 2.24) is 0 Å². The molecule has 0 heterocycles. The molecule has 0 spiro atoms. The highest BCUT2D eigenvalue weighted by molar-refractivity contribution is 5.91. The van der Waals surface area contributed by atoms with E-state index in [1.54, 1.807) is 0 Å². The largest absolute Gasteiger partial charge is 0.315 e. The first-order valence-corrected chi connectivity index (χ1v) is 19.9. The normalized spacial score (nSPS) is 17.1. The Kier molecular flexibility index (Phi) is 10.9. The second kappa shape index (κ2) is 16.0. The minimum absolute atomic E-state index is 0.202. The Bertz CT molecular complexity index is 2410. The topological polar surface area (TPSA) is 6.48 Å². The van der Waals surface area contributed by atoms with E-state index in [9.17, 15) is 0 Å². The first kappa shape index (κ1) is 38.9. The SMILES string of the molecule is C=C1/C(=C\C2=C(C)C(C)(C)C(=C)/C2=C\C=C(/C)N(c2ccccc2)c2ccccc2)C(C)(C)c2cc(N(c3ccccc3)c3ccccc3)c(C)cccccc21. The van der Waals surface area contributed by atoms with Gasteiger partial charge in [-0.1, -0.05) is 156 Å². The zero-order valence-corrected chi connectivity index (χ0v) is 34.6. The molecule has 0 bridgehead atoms. The third kappa shape index (κ3) is 7.48.